The average Bonchev–Trinajstić information content (AvgIpc) is 2.36. The van der Waals surface area contributed by atoms with Gasteiger partial charge in [0, 0.05) is 12.4 Å². The van der Waals surface area contributed by atoms with E-state index in [0.717, 1.165) is 4.90 Å². The predicted octanol–water partition coefficient (Wildman–Crippen LogP) is 3.23. The quantitative estimate of drug-likeness (QED) is 0.811. The highest BCUT2D eigenvalue weighted by Crippen LogP contribution is 2.22. The molecule has 1 aromatic heterocycles. The number of hydrogen-bond donors (Lipinski definition) is 0. The lowest BCUT2D eigenvalue weighted by Crippen LogP contribution is -2.31. The van der Waals surface area contributed by atoms with Gasteiger partial charge in [-0.25, -0.2) is 13.8 Å². The number of hydrogen-bond acceptors (Lipinski definition) is 2. The Labute approximate surface area is 113 Å². The zero-order chi connectivity index (χ0) is 14.0. The maximum atomic E-state index is 12.3. The lowest BCUT2D eigenvalue weighted by molar-refractivity contribution is 0.0622. The molecule has 0 aliphatic rings. The topological polar surface area (TPSA) is 33.2 Å². The van der Waals surface area contributed by atoms with E-state index in [4.69, 9.17) is 11.6 Å². The normalized spacial score (nSPS) is 11.0. The maximum Gasteiger partial charge on any atom is 0.255 e. The van der Waals surface area contributed by atoms with Gasteiger partial charge >= 0.3 is 0 Å². The minimum atomic E-state index is -2.57. The lowest BCUT2D eigenvalue weighted by atomic mass is 10.1. The van der Waals surface area contributed by atoms with E-state index in [0.29, 0.717) is 10.9 Å². The summed E-state index contributed by atoms with van der Waals surface area (Å²) in [5, 5.41) is 0.755. The molecule has 1 amide bonds. The Kier molecular flexibility index (Phi) is 3.95. The van der Waals surface area contributed by atoms with Crippen molar-refractivity contribution in [3.05, 3.63) is 41.0 Å². The number of fused-ring (bicyclic) bond motifs is 1. The largest absolute Gasteiger partial charge is 0.336 e. The summed E-state index contributed by atoms with van der Waals surface area (Å²) in [6, 6.07) is 8.34. The number of rotatable bonds is 3. The molecule has 0 atom stereocenters. The van der Waals surface area contributed by atoms with Crippen LogP contribution in [0.4, 0.5) is 8.78 Å². The number of alkyl halides is 2. The van der Waals surface area contributed by atoms with Crippen LogP contribution in [0.5, 0.6) is 0 Å². The Balaban J connectivity index is 2.47. The molecule has 0 fully saturated rings. The van der Waals surface area contributed by atoms with E-state index in [1.165, 1.54) is 13.1 Å². The van der Waals surface area contributed by atoms with Crippen LogP contribution in [0.1, 0.15) is 10.4 Å². The summed E-state index contributed by atoms with van der Waals surface area (Å²) < 4.78 is 24.6. The van der Waals surface area contributed by atoms with Crippen molar-refractivity contribution >= 4 is 28.4 Å². The molecule has 0 saturated carbocycles. The molecule has 0 bridgehead atoms. The molecule has 2 rings (SSSR count). The van der Waals surface area contributed by atoms with E-state index >= 15 is 0 Å². The second-order valence-corrected chi connectivity index (χ2v) is 4.47. The van der Waals surface area contributed by atoms with Crippen molar-refractivity contribution in [2.75, 3.05) is 13.6 Å². The molecular formula is C13H11ClF2N2O. The fourth-order valence-electron chi connectivity index (χ4n) is 1.82. The molecule has 6 heteroatoms. The van der Waals surface area contributed by atoms with Gasteiger partial charge in [-0.05, 0) is 12.1 Å². The Bertz CT molecular complexity index is 619. The van der Waals surface area contributed by atoms with Crippen molar-refractivity contribution in [2.45, 2.75) is 6.43 Å². The summed E-state index contributed by atoms with van der Waals surface area (Å²) in [7, 11) is 1.33. The second kappa shape index (κ2) is 5.48. The molecule has 3 nitrogen and oxygen atoms in total. The van der Waals surface area contributed by atoms with E-state index in [2.05, 4.69) is 4.98 Å². The Morgan fingerprint density at radius 3 is 2.79 bits per heavy atom. The van der Waals surface area contributed by atoms with E-state index in [1.807, 2.05) is 0 Å². The zero-order valence-corrected chi connectivity index (χ0v) is 10.9. The SMILES string of the molecule is CN(CC(F)F)C(=O)c1cc(Cl)nc2ccccc12. The van der Waals surface area contributed by atoms with E-state index in [1.54, 1.807) is 24.3 Å². The van der Waals surface area contributed by atoms with E-state index < -0.39 is 18.9 Å². The summed E-state index contributed by atoms with van der Waals surface area (Å²) in [4.78, 5) is 17.2. The predicted molar refractivity (Wildman–Crippen MR) is 69.7 cm³/mol. The molecule has 0 N–H and O–H groups in total. The fraction of sp³-hybridized carbons (Fsp3) is 0.231. The second-order valence-electron chi connectivity index (χ2n) is 4.09. The highest BCUT2D eigenvalue weighted by Gasteiger charge is 2.19. The molecule has 1 heterocycles. The molecule has 100 valence electrons. The molecule has 2 aromatic rings. The molecule has 0 unspecified atom stereocenters. The van der Waals surface area contributed by atoms with Crippen LogP contribution in [0.25, 0.3) is 10.9 Å². The Hall–Kier alpha value is -1.75. The Morgan fingerprint density at radius 2 is 2.11 bits per heavy atom. The van der Waals surface area contributed by atoms with Crippen molar-refractivity contribution in [1.29, 1.82) is 0 Å². The van der Waals surface area contributed by atoms with Crippen molar-refractivity contribution in [2.24, 2.45) is 0 Å². The van der Waals surface area contributed by atoms with Crippen LogP contribution in [0.2, 0.25) is 5.15 Å². The van der Waals surface area contributed by atoms with Gasteiger partial charge < -0.3 is 4.90 Å². The van der Waals surface area contributed by atoms with Gasteiger partial charge in [-0.15, -0.1) is 0 Å². The third kappa shape index (κ3) is 2.98. The maximum absolute atomic E-state index is 12.3. The first-order chi connectivity index (χ1) is 8.99. The third-order valence-electron chi connectivity index (χ3n) is 2.67. The lowest BCUT2D eigenvalue weighted by Gasteiger charge is -2.17. The molecule has 19 heavy (non-hydrogen) atoms. The van der Waals surface area contributed by atoms with Crippen molar-refractivity contribution in [1.82, 2.24) is 9.88 Å². The molecule has 0 radical (unpaired) electrons. The molecule has 0 saturated heterocycles. The van der Waals surface area contributed by atoms with Gasteiger partial charge in [-0.3, -0.25) is 4.79 Å². The molecule has 0 spiro atoms. The van der Waals surface area contributed by atoms with Crippen LogP contribution in [0, 0.1) is 0 Å². The highest BCUT2D eigenvalue weighted by atomic mass is 35.5. The van der Waals surface area contributed by atoms with Crippen LogP contribution < -0.4 is 0 Å². The van der Waals surface area contributed by atoms with Crippen LogP contribution in [-0.4, -0.2) is 35.8 Å². The number of nitrogens with zero attached hydrogens (tertiary/aromatic N) is 2. The summed E-state index contributed by atoms with van der Waals surface area (Å²) >= 11 is 5.85. The minimum absolute atomic E-state index is 0.160. The third-order valence-corrected chi connectivity index (χ3v) is 2.87. The average molecular weight is 285 g/mol. The summed E-state index contributed by atoms with van der Waals surface area (Å²) in [5.41, 5.74) is 0.836. The number of carbonyl (C=O) groups excluding carboxylic acids is 1. The number of amides is 1. The van der Waals surface area contributed by atoms with Crippen molar-refractivity contribution < 1.29 is 13.6 Å². The highest BCUT2D eigenvalue weighted by molar-refractivity contribution is 6.30. The zero-order valence-electron chi connectivity index (χ0n) is 10.1. The van der Waals surface area contributed by atoms with Gasteiger partial charge in [0.15, 0.2) is 0 Å². The fourth-order valence-corrected chi connectivity index (χ4v) is 2.02. The van der Waals surface area contributed by atoms with Crippen LogP contribution in [-0.2, 0) is 0 Å². The van der Waals surface area contributed by atoms with Crippen molar-refractivity contribution in [3.8, 4) is 0 Å². The number of carbonyl (C=O) groups is 1. The summed E-state index contributed by atoms with van der Waals surface area (Å²) in [6.07, 6.45) is -2.57. The molecule has 0 aliphatic carbocycles. The van der Waals surface area contributed by atoms with E-state index in [-0.39, 0.29) is 10.7 Å². The first-order valence-corrected chi connectivity index (χ1v) is 5.95. The molecular weight excluding hydrogens is 274 g/mol. The smallest absolute Gasteiger partial charge is 0.255 e. The first-order valence-electron chi connectivity index (χ1n) is 5.58. The standard InChI is InChI=1S/C13H11ClF2N2O/c1-18(7-12(15)16)13(19)9-6-11(14)17-10-5-3-2-4-8(9)10/h2-6,12H,7H2,1H3. The molecule has 0 aliphatic heterocycles. The van der Waals surface area contributed by atoms with Gasteiger partial charge in [-0.2, -0.15) is 0 Å². The van der Waals surface area contributed by atoms with Gasteiger partial charge in [0.25, 0.3) is 12.3 Å². The monoisotopic (exact) mass is 284 g/mol. The van der Waals surface area contributed by atoms with Gasteiger partial charge in [0.1, 0.15) is 5.15 Å². The van der Waals surface area contributed by atoms with Gasteiger partial charge in [0.05, 0.1) is 17.6 Å². The van der Waals surface area contributed by atoms with Crippen LogP contribution in [0.15, 0.2) is 30.3 Å². The van der Waals surface area contributed by atoms with E-state index in [9.17, 15) is 13.6 Å². The number of benzene rings is 1. The van der Waals surface area contributed by atoms with Gasteiger partial charge in [0.2, 0.25) is 0 Å². The summed E-state index contributed by atoms with van der Waals surface area (Å²) in [6.45, 7) is -0.618. The number of halogens is 3. The number of aromatic nitrogens is 1. The first kappa shape index (κ1) is 13.7. The van der Waals surface area contributed by atoms with Crippen LogP contribution >= 0.6 is 11.6 Å². The molecule has 1 aromatic carbocycles. The number of pyridine rings is 1. The van der Waals surface area contributed by atoms with Crippen molar-refractivity contribution in [3.63, 3.8) is 0 Å². The number of para-hydroxylation sites is 1. The van der Waals surface area contributed by atoms with Gasteiger partial charge in [-0.1, -0.05) is 29.8 Å². The van der Waals surface area contributed by atoms with Crippen LogP contribution in [0.3, 0.4) is 0 Å². The minimum Gasteiger partial charge on any atom is -0.336 e. The summed E-state index contributed by atoms with van der Waals surface area (Å²) in [5.74, 6) is -0.499. The Morgan fingerprint density at radius 1 is 1.42 bits per heavy atom.